The molecule has 0 saturated heterocycles. The fourth-order valence-corrected chi connectivity index (χ4v) is 1.82. The Balaban J connectivity index is 2.26. The number of halogens is 1. The fraction of sp³-hybridized carbons (Fsp3) is 0.0769. The summed E-state index contributed by atoms with van der Waals surface area (Å²) >= 11 is 0. The number of hydrogen-bond donors (Lipinski definition) is 0. The lowest BCUT2D eigenvalue weighted by atomic mass is 10.1. The lowest BCUT2D eigenvalue weighted by Crippen LogP contribution is -1.94. The fourth-order valence-electron chi connectivity index (χ4n) is 1.82. The van der Waals surface area contributed by atoms with Crippen LogP contribution in [-0.2, 0) is 0 Å². The minimum absolute atomic E-state index is 0.270. The quantitative estimate of drug-likeness (QED) is 0.640. The maximum Gasteiger partial charge on any atom is 0.155 e. The van der Waals surface area contributed by atoms with Crippen LogP contribution in [0, 0.1) is 12.7 Å². The summed E-state index contributed by atoms with van der Waals surface area (Å²) in [6.07, 6.45) is 1.72. The van der Waals surface area contributed by atoms with Crippen molar-refractivity contribution in [3.8, 4) is 11.3 Å². The number of aryl methyl sites for hydroxylation is 1. The summed E-state index contributed by atoms with van der Waals surface area (Å²) in [6.45, 7) is 1.94. The Hall–Kier alpha value is -2.23. The summed E-state index contributed by atoms with van der Waals surface area (Å²) in [5, 5.41) is 4.36. The standard InChI is InChI=1S/C13H10FN3/c1-9-6-7-15-13-8-12(16-17(9)13)10-4-2-3-5-11(10)14/h2-8H,1H3. The summed E-state index contributed by atoms with van der Waals surface area (Å²) in [5.41, 5.74) is 2.79. The third-order valence-corrected chi connectivity index (χ3v) is 2.70. The number of benzene rings is 1. The smallest absolute Gasteiger partial charge is 0.155 e. The van der Waals surface area contributed by atoms with E-state index in [9.17, 15) is 4.39 Å². The number of fused-ring (bicyclic) bond motifs is 1. The van der Waals surface area contributed by atoms with E-state index in [-0.39, 0.29) is 5.82 Å². The van der Waals surface area contributed by atoms with Crippen molar-refractivity contribution < 1.29 is 4.39 Å². The number of hydrogen-bond acceptors (Lipinski definition) is 2. The molecule has 0 fully saturated rings. The van der Waals surface area contributed by atoms with Crippen molar-refractivity contribution in [2.75, 3.05) is 0 Å². The van der Waals surface area contributed by atoms with E-state index in [2.05, 4.69) is 10.1 Å². The van der Waals surface area contributed by atoms with Crippen molar-refractivity contribution in [1.29, 1.82) is 0 Å². The SMILES string of the molecule is Cc1ccnc2cc(-c3ccccc3F)nn12. The van der Waals surface area contributed by atoms with E-state index in [0.29, 0.717) is 11.3 Å². The largest absolute Gasteiger partial charge is 0.237 e. The van der Waals surface area contributed by atoms with Gasteiger partial charge in [0, 0.05) is 23.5 Å². The summed E-state index contributed by atoms with van der Waals surface area (Å²) in [6, 6.07) is 10.3. The molecule has 2 heterocycles. The Morgan fingerprint density at radius 2 is 2.00 bits per heavy atom. The summed E-state index contributed by atoms with van der Waals surface area (Å²) < 4.78 is 15.3. The van der Waals surface area contributed by atoms with Crippen LogP contribution in [0.1, 0.15) is 5.69 Å². The van der Waals surface area contributed by atoms with Crippen LogP contribution in [0.4, 0.5) is 4.39 Å². The molecule has 0 saturated carbocycles. The Bertz CT molecular complexity index is 688. The highest BCUT2D eigenvalue weighted by atomic mass is 19.1. The van der Waals surface area contributed by atoms with Gasteiger partial charge in [0.15, 0.2) is 5.65 Å². The summed E-state index contributed by atoms with van der Waals surface area (Å²) in [7, 11) is 0. The van der Waals surface area contributed by atoms with Gasteiger partial charge >= 0.3 is 0 Å². The van der Waals surface area contributed by atoms with Gasteiger partial charge in [-0.3, -0.25) is 0 Å². The minimum Gasteiger partial charge on any atom is -0.237 e. The van der Waals surface area contributed by atoms with E-state index in [0.717, 1.165) is 11.3 Å². The first-order chi connectivity index (χ1) is 8.25. The van der Waals surface area contributed by atoms with E-state index in [1.54, 1.807) is 35.0 Å². The molecule has 0 N–H and O–H groups in total. The molecule has 84 valence electrons. The normalized spacial score (nSPS) is 10.9. The van der Waals surface area contributed by atoms with Crippen LogP contribution >= 0.6 is 0 Å². The van der Waals surface area contributed by atoms with Gasteiger partial charge in [-0.05, 0) is 25.1 Å². The van der Waals surface area contributed by atoms with Gasteiger partial charge in [0.05, 0.1) is 5.69 Å². The van der Waals surface area contributed by atoms with Crippen molar-refractivity contribution in [2.24, 2.45) is 0 Å². The third-order valence-electron chi connectivity index (χ3n) is 2.70. The maximum absolute atomic E-state index is 13.6. The first kappa shape index (κ1) is 9.96. The Kier molecular flexibility index (Phi) is 2.14. The van der Waals surface area contributed by atoms with Gasteiger partial charge in [0.1, 0.15) is 5.82 Å². The first-order valence-corrected chi connectivity index (χ1v) is 5.32. The van der Waals surface area contributed by atoms with Crippen LogP contribution in [0.25, 0.3) is 16.9 Å². The van der Waals surface area contributed by atoms with Crippen LogP contribution < -0.4 is 0 Å². The molecule has 0 bridgehead atoms. The zero-order valence-electron chi connectivity index (χ0n) is 9.26. The predicted molar refractivity (Wildman–Crippen MR) is 63.1 cm³/mol. The zero-order valence-corrected chi connectivity index (χ0v) is 9.26. The van der Waals surface area contributed by atoms with Gasteiger partial charge in [-0.25, -0.2) is 13.9 Å². The van der Waals surface area contributed by atoms with E-state index in [1.165, 1.54) is 6.07 Å². The first-order valence-electron chi connectivity index (χ1n) is 5.32. The van der Waals surface area contributed by atoms with Crippen molar-refractivity contribution in [1.82, 2.24) is 14.6 Å². The highest BCUT2D eigenvalue weighted by molar-refractivity contribution is 5.64. The highest BCUT2D eigenvalue weighted by Crippen LogP contribution is 2.22. The van der Waals surface area contributed by atoms with Gasteiger partial charge in [-0.1, -0.05) is 12.1 Å². The Morgan fingerprint density at radius 1 is 1.18 bits per heavy atom. The number of aromatic nitrogens is 3. The average Bonchev–Trinajstić information content (AvgIpc) is 2.75. The minimum atomic E-state index is -0.270. The maximum atomic E-state index is 13.6. The van der Waals surface area contributed by atoms with E-state index >= 15 is 0 Å². The van der Waals surface area contributed by atoms with Crippen molar-refractivity contribution >= 4 is 5.65 Å². The van der Waals surface area contributed by atoms with Crippen molar-refractivity contribution in [3.05, 3.63) is 54.1 Å². The highest BCUT2D eigenvalue weighted by Gasteiger charge is 2.09. The molecule has 2 aromatic heterocycles. The predicted octanol–water partition coefficient (Wildman–Crippen LogP) is 2.84. The molecular formula is C13H10FN3. The lowest BCUT2D eigenvalue weighted by molar-refractivity contribution is 0.630. The van der Waals surface area contributed by atoms with Crippen molar-refractivity contribution in [3.63, 3.8) is 0 Å². The van der Waals surface area contributed by atoms with Crippen LogP contribution in [0.15, 0.2) is 42.6 Å². The number of nitrogens with zero attached hydrogens (tertiary/aromatic N) is 3. The summed E-state index contributed by atoms with van der Waals surface area (Å²) in [5.74, 6) is -0.270. The van der Waals surface area contributed by atoms with Gasteiger partial charge in [0.25, 0.3) is 0 Å². The molecule has 3 nitrogen and oxygen atoms in total. The second kappa shape index (κ2) is 3.66. The molecule has 0 spiro atoms. The molecule has 3 aromatic rings. The van der Waals surface area contributed by atoms with Crippen LogP contribution in [0.5, 0.6) is 0 Å². The lowest BCUT2D eigenvalue weighted by Gasteiger charge is -1.97. The molecule has 0 unspecified atom stereocenters. The second-order valence-corrected chi connectivity index (χ2v) is 3.87. The molecule has 17 heavy (non-hydrogen) atoms. The molecule has 1 aromatic carbocycles. The molecular weight excluding hydrogens is 217 g/mol. The van der Waals surface area contributed by atoms with E-state index < -0.39 is 0 Å². The van der Waals surface area contributed by atoms with Crippen LogP contribution in [0.2, 0.25) is 0 Å². The van der Waals surface area contributed by atoms with Gasteiger partial charge in [-0.2, -0.15) is 5.10 Å². The molecule has 0 radical (unpaired) electrons. The molecule has 0 aliphatic rings. The molecule has 0 atom stereocenters. The van der Waals surface area contributed by atoms with Gasteiger partial charge in [0.2, 0.25) is 0 Å². The van der Waals surface area contributed by atoms with Gasteiger partial charge in [-0.15, -0.1) is 0 Å². The Morgan fingerprint density at radius 3 is 2.76 bits per heavy atom. The van der Waals surface area contributed by atoms with E-state index in [1.807, 2.05) is 13.0 Å². The molecule has 3 rings (SSSR count). The monoisotopic (exact) mass is 227 g/mol. The van der Waals surface area contributed by atoms with Crippen molar-refractivity contribution in [2.45, 2.75) is 6.92 Å². The third kappa shape index (κ3) is 1.58. The van der Waals surface area contributed by atoms with Crippen LogP contribution in [0.3, 0.4) is 0 Å². The average molecular weight is 227 g/mol. The van der Waals surface area contributed by atoms with E-state index in [4.69, 9.17) is 0 Å². The molecule has 4 heteroatoms. The summed E-state index contributed by atoms with van der Waals surface area (Å²) in [4.78, 5) is 4.20. The Labute approximate surface area is 97.5 Å². The van der Waals surface area contributed by atoms with Gasteiger partial charge < -0.3 is 0 Å². The zero-order chi connectivity index (χ0) is 11.8. The second-order valence-electron chi connectivity index (χ2n) is 3.87. The number of rotatable bonds is 1. The van der Waals surface area contributed by atoms with Crippen LogP contribution in [-0.4, -0.2) is 14.6 Å². The topological polar surface area (TPSA) is 30.2 Å². The molecule has 0 aliphatic carbocycles. The molecule has 0 amide bonds. The molecule has 0 aliphatic heterocycles.